The lowest BCUT2D eigenvalue weighted by molar-refractivity contribution is 0.0755. The van der Waals surface area contributed by atoms with Crippen LogP contribution in [0.5, 0.6) is 0 Å². The highest BCUT2D eigenvalue weighted by Crippen LogP contribution is 2.30. The molecule has 0 aromatic heterocycles. The summed E-state index contributed by atoms with van der Waals surface area (Å²) in [6.07, 6.45) is 1.81. The number of amides is 1. The Hall–Kier alpha value is -1.15. The Kier molecular flexibility index (Phi) is 6.48. The summed E-state index contributed by atoms with van der Waals surface area (Å²) in [6.45, 7) is 4.12. The number of rotatable bonds is 5. The van der Waals surface area contributed by atoms with Crippen molar-refractivity contribution in [2.24, 2.45) is 5.92 Å². The van der Waals surface area contributed by atoms with Crippen LogP contribution in [-0.2, 0) is 10.0 Å². The standard InChI is InChI=1S/C16H19Cl2FN2O3S/c1-10(2)8-20-25(23,24)15-6-12(13(17)7-14(15)18)16(22)21-5-3-4-11(19)9-21/h4,6-7,10,20H,3,5,8-9H2,1-2H3. The van der Waals surface area contributed by atoms with E-state index in [0.29, 0.717) is 13.0 Å². The van der Waals surface area contributed by atoms with Crippen molar-refractivity contribution in [1.29, 1.82) is 0 Å². The van der Waals surface area contributed by atoms with Crippen molar-refractivity contribution in [1.82, 2.24) is 9.62 Å². The summed E-state index contributed by atoms with van der Waals surface area (Å²) in [5, 5.41) is -0.0599. The zero-order valence-electron chi connectivity index (χ0n) is 13.9. The van der Waals surface area contributed by atoms with Gasteiger partial charge in [-0.3, -0.25) is 4.79 Å². The van der Waals surface area contributed by atoms with Gasteiger partial charge in [0.15, 0.2) is 0 Å². The molecule has 0 bridgehead atoms. The van der Waals surface area contributed by atoms with Gasteiger partial charge in [-0.25, -0.2) is 17.5 Å². The van der Waals surface area contributed by atoms with E-state index in [-0.39, 0.29) is 39.5 Å². The first-order valence-corrected chi connectivity index (χ1v) is 9.98. The molecule has 1 heterocycles. The van der Waals surface area contributed by atoms with Gasteiger partial charge in [-0.05, 0) is 30.5 Å². The topological polar surface area (TPSA) is 66.5 Å². The second kappa shape index (κ2) is 8.03. The summed E-state index contributed by atoms with van der Waals surface area (Å²) in [7, 11) is -3.90. The van der Waals surface area contributed by atoms with Crippen molar-refractivity contribution in [3.63, 3.8) is 0 Å². The Morgan fingerprint density at radius 2 is 2.00 bits per heavy atom. The van der Waals surface area contributed by atoms with E-state index in [1.165, 1.54) is 17.0 Å². The van der Waals surface area contributed by atoms with Crippen LogP contribution >= 0.6 is 23.2 Å². The number of nitrogens with one attached hydrogen (secondary N) is 1. The molecule has 0 saturated heterocycles. The first kappa shape index (κ1) is 20.2. The monoisotopic (exact) mass is 408 g/mol. The Morgan fingerprint density at radius 1 is 1.32 bits per heavy atom. The summed E-state index contributed by atoms with van der Waals surface area (Å²) in [4.78, 5) is 13.7. The molecular weight excluding hydrogens is 390 g/mol. The molecule has 1 aromatic carbocycles. The van der Waals surface area contributed by atoms with Crippen molar-refractivity contribution in [2.45, 2.75) is 25.2 Å². The molecule has 0 atom stereocenters. The molecule has 138 valence electrons. The van der Waals surface area contributed by atoms with Gasteiger partial charge in [-0.1, -0.05) is 37.0 Å². The van der Waals surface area contributed by atoms with Gasteiger partial charge in [0, 0.05) is 13.1 Å². The summed E-state index contributed by atoms with van der Waals surface area (Å²) in [5.41, 5.74) is -0.0225. The maximum atomic E-state index is 13.4. The minimum Gasteiger partial charge on any atom is -0.332 e. The molecule has 1 aromatic rings. The van der Waals surface area contributed by atoms with Gasteiger partial charge in [-0.2, -0.15) is 0 Å². The van der Waals surface area contributed by atoms with Gasteiger partial charge in [-0.15, -0.1) is 0 Å². The first-order valence-electron chi connectivity index (χ1n) is 7.74. The number of benzene rings is 1. The summed E-state index contributed by atoms with van der Waals surface area (Å²) in [5.74, 6) is -0.841. The lowest BCUT2D eigenvalue weighted by Crippen LogP contribution is -2.35. The Bertz CT molecular complexity index is 810. The fourth-order valence-corrected chi connectivity index (χ4v) is 4.37. The highest BCUT2D eigenvalue weighted by atomic mass is 35.5. The van der Waals surface area contributed by atoms with E-state index in [1.54, 1.807) is 0 Å². The molecule has 9 heteroatoms. The van der Waals surface area contributed by atoms with Crippen LogP contribution in [0.4, 0.5) is 4.39 Å². The van der Waals surface area contributed by atoms with Crippen LogP contribution in [0.2, 0.25) is 10.0 Å². The predicted molar refractivity (Wildman–Crippen MR) is 96.2 cm³/mol. The second-order valence-corrected chi connectivity index (χ2v) is 8.72. The average molecular weight is 409 g/mol. The number of carbonyl (C=O) groups excluding carboxylic acids is 1. The van der Waals surface area contributed by atoms with Gasteiger partial charge in [0.2, 0.25) is 10.0 Å². The van der Waals surface area contributed by atoms with E-state index in [0.717, 1.165) is 6.07 Å². The van der Waals surface area contributed by atoms with Crippen LogP contribution < -0.4 is 4.72 Å². The van der Waals surface area contributed by atoms with Crippen LogP contribution in [0.25, 0.3) is 0 Å². The van der Waals surface area contributed by atoms with Crippen LogP contribution in [-0.4, -0.2) is 38.9 Å². The first-order chi connectivity index (χ1) is 11.6. The van der Waals surface area contributed by atoms with Crippen molar-refractivity contribution in [2.75, 3.05) is 19.6 Å². The highest BCUT2D eigenvalue weighted by molar-refractivity contribution is 7.89. The third-order valence-electron chi connectivity index (χ3n) is 3.62. The number of sulfonamides is 1. The summed E-state index contributed by atoms with van der Waals surface area (Å²) in [6, 6.07) is 2.36. The largest absolute Gasteiger partial charge is 0.332 e. The van der Waals surface area contributed by atoms with Gasteiger partial charge >= 0.3 is 0 Å². The number of hydrogen-bond acceptors (Lipinski definition) is 3. The molecule has 2 rings (SSSR count). The normalized spacial score (nSPS) is 15.4. The van der Waals surface area contributed by atoms with Gasteiger partial charge in [0.1, 0.15) is 10.7 Å². The van der Waals surface area contributed by atoms with E-state index in [4.69, 9.17) is 23.2 Å². The third-order valence-corrected chi connectivity index (χ3v) is 5.82. The van der Waals surface area contributed by atoms with E-state index < -0.39 is 21.8 Å². The molecule has 5 nitrogen and oxygen atoms in total. The van der Waals surface area contributed by atoms with E-state index in [2.05, 4.69) is 4.72 Å². The molecule has 1 amide bonds. The molecule has 0 radical (unpaired) electrons. The number of halogens is 3. The molecule has 0 spiro atoms. The summed E-state index contributed by atoms with van der Waals surface area (Å²) < 4.78 is 40.7. The average Bonchev–Trinajstić information content (AvgIpc) is 2.52. The van der Waals surface area contributed by atoms with E-state index in [9.17, 15) is 17.6 Å². The summed E-state index contributed by atoms with van der Waals surface area (Å²) >= 11 is 12.1. The second-order valence-electron chi connectivity index (χ2n) is 6.17. The minimum atomic E-state index is -3.90. The third kappa shape index (κ3) is 4.94. The van der Waals surface area contributed by atoms with Crippen LogP contribution in [0.1, 0.15) is 30.6 Å². The number of hydrogen-bond donors (Lipinski definition) is 1. The molecule has 0 unspecified atom stereocenters. The Balaban J connectivity index is 2.37. The Morgan fingerprint density at radius 3 is 2.60 bits per heavy atom. The zero-order chi connectivity index (χ0) is 18.8. The maximum absolute atomic E-state index is 13.4. The maximum Gasteiger partial charge on any atom is 0.255 e. The van der Waals surface area contributed by atoms with Gasteiger partial charge in [0.05, 0.1) is 22.2 Å². The Labute approximate surface area is 156 Å². The predicted octanol–water partition coefficient (Wildman–Crippen LogP) is 3.63. The minimum absolute atomic E-state index is 0.0211. The quantitative estimate of drug-likeness (QED) is 0.808. The van der Waals surface area contributed by atoms with Crippen molar-refractivity contribution >= 4 is 39.1 Å². The molecular formula is C16H19Cl2FN2O3S. The molecule has 0 saturated carbocycles. The lowest BCUT2D eigenvalue weighted by atomic mass is 10.1. The van der Waals surface area contributed by atoms with Crippen molar-refractivity contribution < 1.29 is 17.6 Å². The lowest BCUT2D eigenvalue weighted by Gasteiger charge is -2.25. The molecule has 0 aliphatic carbocycles. The number of carbonyl (C=O) groups is 1. The van der Waals surface area contributed by atoms with Crippen molar-refractivity contribution in [3.05, 3.63) is 39.6 Å². The van der Waals surface area contributed by atoms with Gasteiger partial charge in [0.25, 0.3) is 5.91 Å². The fourth-order valence-electron chi connectivity index (χ4n) is 2.30. The molecule has 1 aliphatic heterocycles. The number of nitrogens with zero attached hydrogens (tertiary/aromatic N) is 1. The highest BCUT2D eigenvalue weighted by Gasteiger charge is 2.26. The van der Waals surface area contributed by atoms with Crippen molar-refractivity contribution in [3.8, 4) is 0 Å². The van der Waals surface area contributed by atoms with E-state index >= 15 is 0 Å². The van der Waals surface area contributed by atoms with Crippen LogP contribution in [0.3, 0.4) is 0 Å². The van der Waals surface area contributed by atoms with Crippen LogP contribution in [0.15, 0.2) is 28.9 Å². The van der Waals surface area contributed by atoms with Crippen LogP contribution in [0, 0.1) is 5.92 Å². The molecule has 1 N–H and O–H groups in total. The fraction of sp³-hybridized carbons (Fsp3) is 0.438. The zero-order valence-corrected chi connectivity index (χ0v) is 16.2. The molecule has 0 fully saturated rings. The van der Waals surface area contributed by atoms with Gasteiger partial charge < -0.3 is 4.90 Å². The SMILES string of the molecule is CC(C)CNS(=O)(=O)c1cc(C(=O)N2CCC=C(F)C2)c(Cl)cc1Cl. The smallest absolute Gasteiger partial charge is 0.255 e. The molecule has 1 aliphatic rings. The van der Waals surface area contributed by atoms with E-state index in [1.807, 2.05) is 13.8 Å². The molecule has 25 heavy (non-hydrogen) atoms.